The molecule has 2 aromatic rings. The third kappa shape index (κ3) is 1.91. The molecule has 20 heavy (non-hydrogen) atoms. The Kier molecular flexibility index (Phi) is 3.26. The molecule has 1 aliphatic heterocycles. The first-order valence-electron chi connectivity index (χ1n) is 7.06. The van der Waals surface area contributed by atoms with E-state index < -0.39 is 0 Å². The number of hydrogen-bond acceptors (Lipinski definition) is 2. The van der Waals surface area contributed by atoms with Gasteiger partial charge in [-0.3, -0.25) is 4.79 Å². The zero-order valence-electron chi connectivity index (χ0n) is 12.1. The van der Waals surface area contributed by atoms with Crippen LogP contribution in [0.5, 0.6) is 0 Å². The maximum absolute atomic E-state index is 12.4. The quantitative estimate of drug-likeness (QED) is 0.913. The minimum atomic E-state index is -0.386. The summed E-state index contributed by atoms with van der Waals surface area (Å²) in [6, 6.07) is 8.39. The van der Waals surface area contributed by atoms with Crippen LogP contribution in [0.2, 0.25) is 0 Å². The molecular formula is C16H20N2O2. The van der Waals surface area contributed by atoms with Gasteiger partial charge in [-0.15, -0.1) is 0 Å². The van der Waals surface area contributed by atoms with Crippen molar-refractivity contribution in [1.82, 2.24) is 9.88 Å². The number of benzene rings is 1. The maximum atomic E-state index is 12.4. The third-order valence-electron chi connectivity index (χ3n) is 4.32. The van der Waals surface area contributed by atoms with Crippen LogP contribution in [-0.2, 0) is 16.0 Å². The Bertz CT molecular complexity index is 647. The van der Waals surface area contributed by atoms with Crippen LogP contribution in [0.25, 0.3) is 10.9 Å². The summed E-state index contributed by atoms with van der Waals surface area (Å²) in [4.78, 5) is 17.7. The second kappa shape index (κ2) is 4.94. The topological polar surface area (TPSA) is 45.3 Å². The number of para-hydroxylation sites is 1. The molecule has 1 aromatic heterocycles. The van der Waals surface area contributed by atoms with E-state index in [0.29, 0.717) is 0 Å². The number of ether oxygens (including phenoxy) is 1. The normalized spacial score (nSPS) is 19.9. The Morgan fingerprint density at radius 2 is 2.20 bits per heavy atom. The molecular weight excluding hydrogens is 252 g/mol. The third-order valence-corrected chi connectivity index (χ3v) is 4.32. The van der Waals surface area contributed by atoms with Gasteiger partial charge in [-0.1, -0.05) is 18.2 Å². The van der Waals surface area contributed by atoms with Gasteiger partial charge in [-0.05, 0) is 31.9 Å². The molecule has 1 amide bonds. The highest BCUT2D eigenvalue weighted by Gasteiger charge is 2.32. The average molecular weight is 272 g/mol. The summed E-state index contributed by atoms with van der Waals surface area (Å²) < 4.78 is 5.16. The number of aromatic amines is 1. The lowest BCUT2D eigenvalue weighted by Crippen LogP contribution is -2.43. The smallest absolute Gasteiger partial charge is 0.251 e. The molecule has 2 unspecified atom stereocenters. The number of hydrogen-bond donors (Lipinski definition) is 1. The first-order chi connectivity index (χ1) is 9.63. The molecule has 4 nitrogen and oxygen atoms in total. The van der Waals surface area contributed by atoms with Gasteiger partial charge in [0.15, 0.2) is 0 Å². The molecule has 0 saturated carbocycles. The minimum absolute atomic E-state index is 0.0595. The van der Waals surface area contributed by atoms with Gasteiger partial charge < -0.3 is 14.6 Å². The van der Waals surface area contributed by atoms with Crippen molar-refractivity contribution in [1.29, 1.82) is 0 Å². The number of fused-ring (bicyclic) bond motifs is 3. The Morgan fingerprint density at radius 1 is 1.45 bits per heavy atom. The summed E-state index contributed by atoms with van der Waals surface area (Å²) in [5, 5.41) is 1.28. The summed E-state index contributed by atoms with van der Waals surface area (Å²) in [5.41, 5.74) is 3.66. The lowest BCUT2D eigenvalue weighted by molar-refractivity contribution is -0.143. The highest BCUT2D eigenvalue weighted by molar-refractivity contribution is 5.86. The number of aromatic nitrogens is 1. The molecule has 1 N–H and O–H groups in total. The lowest BCUT2D eigenvalue weighted by atomic mass is 9.98. The second-order valence-electron chi connectivity index (χ2n) is 5.40. The predicted octanol–water partition coefficient (Wildman–Crippen LogP) is 2.65. The molecule has 0 aliphatic carbocycles. The summed E-state index contributed by atoms with van der Waals surface area (Å²) in [6.45, 7) is 4.63. The standard InChI is InChI=1S/C16H20N2O2/c1-10-15-13(12-6-4-5-7-14(12)17-15)8-9-18(10)16(19)11(2)20-3/h4-7,10-11,17H,8-9H2,1-3H3. The van der Waals surface area contributed by atoms with Crippen LogP contribution in [0.1, 0.15) is 31.1 Å². The van der Waals surface area contributed by atoms with E-state index in [1.807, 2.05) is 11.0 Å². The number of amides is 1. The van der Waals surface area contributed by atoms with E-state index in [0.717, 1.165) is 24.2 Å². The van der Waals surface area contributed by atoms with Crippen LogP contribution >= 0.6 is 0 Å². The number of carbonyl (C=O) groups is 1. The Morgan fingerprint density at radius 3 is 2.95 bits per heavy atom. The number of nitrogens with one attached hydrogen (secondary N) is 1. The van der Waals surface area contributed by atoms with Crippen molar-refractivity contribution < 1.29 is 9.53 Å². The van der Waals surface area contributed by atoms with Crippen molar-refractivity contribution >= 4 is 16.8 Å². The van der Waals surface area contributed by atoms with E-state index in [4.69, 9.17) is 4.74 Å². The highest BCUT2D eigenvalue weighted by atomic mass is 16.5. The molecule has 0 fully saturated rings. The van der Waals surface area contributed by atoms with Crippen molar-refractivity contribution in [2.24, 2.45) is 0 Å². The van der Waals surface area contributed by atoms with E-state index >= 15 is 0 Å². The molecule has 0 saturated heterocycles. The van der Waals surface area contributed by atoms with Crippen LogP contribution in [0, 0.1) is 0 Å². The fourth-order valence-corrected chi connectivity index (χ4v) is 3.06. The molecule has 0 radical (unpaired) electrons. The fraction of sp³-hybridized carbons (Fsp3) is 0.438. The maximum Gasteiger partial charge on any atom is 0.251 e. The lowest BCUT2D eigenvalue weighted by Gasteiger charge is -2.35. The molecule has 4 heteroatoms. The van der Waals surface area contributed by atoms with E-state index in [-0.39, 0.29) is 18.1 Å². The van der Waals surface area contributed by atoms with Crippen LogP contribution < -0.4 is 0 Å². The Balaban J connectivity index is 1.98. The number of methoxy groups -OCH3 is 1. The van der Waals surface area contributed by atoms with Gasteiger partial charge in [0.2, 0.25) is 0 Å². The van der Waals surface area contributed by atoms with Crippen molar-refractivity contribution in [3.63, 3.8) is 0 Å². The van der Waals surface area contributed by atoms with Crippen LogP contribution in [0.15, 0.2) is 24.3 Å². The van der Waals surface area contributed by atoms with E-state index in [2.05, 4.69) is 30.1 Å². The van der Waals surface area contributed by atoms with Gasteiger partial charge in [0.1, 0.15) is 6.10 Å². The first kappa shape index (κ1) is 13.2. The highest BCUT2D eigenvalue weighted by Crippen LogP contribution is 2.34. The number of carbonyl (C=O) groups excluding carboxylic acids is 1. The van der Waals surface area contributed by atoms with Gasteiger partial charge in [0.25, 0.3) is 5.91 Å². The van der Waals surface area contributed by atoms with Gasteiger partial charge in [-0.25, -0.2) is 0 Å². The zero-order chi connectivity index (χ0) is 14.3. The summed E-state index contributed by atoms with van der Waals surface area (Å²) in [5.74, 6) is 0.0595. The molecule has 1 aromatic carbocycles. The van der Waals surface area contributed by atoms with Crippen LogP contribution in [0.4, 0.5) is 0 Å². The summed E-state index contributed by atoms with van der Waals surface area (Å²) in [7, 11) is 1.57. The summed E-state index contributed by atoms with van der Waals surface area (Å²) in [6.07, 6.45) is 0.509. The molecule has 2 atom stereocenters. The van der Waals surface area contributed by atoms with Crippen molar-refractivity contribution in [2.75, 3.05) is 13.7 Å². The Hall–Kier alpha value is -1.81. The molecule has 3 rings (SSSR count). The van der Waals surface area contributed by atoms with Crippen LogP contribution in [0.3, 0.4) is 0 Å². The van der Waals surface area contributed by atoms with E-state index in [1.165, 1.54) is 10.9 Å². The average Bonchev–Trinajstić information content (AvgIpc) is 2.86. The van der Waals surface area contributed by atoms with Gasteiger partial charge in [0.05, 0.1) is 6.04 Å². The van der Waals surface area contributed by atoms with Gasteiger partial charge in [-0.2, -0.15) is 0 Å². The second-order valence-corrected chi connectivity index (χ2v) is 5.40. The van der Waals surface area contributed by atoms with Gasteiger partial charge in [0, 0.05) is 30.3 Å². The number of H-pyrrole nitrogens is 1. The molecule has 106 valence electrons. The molecule has 0 spiro atoms. The van der Waals surface area contributed by atoms with Crippen molar-refractivity contribution in [2.45, 2.75) is 32.4 Å². The number of nitrogens with zero attached hydrogens (tertiary/aromatic N) is 1. The van der Waals surface area contributed by atoms with Crippen molar-refractivity contribution in [3.8, 4) is 0 Å². The monoisotopic (exact) mass is 272 g/mol. The summed E-state index contributed by atoms with van der Waals surface area (Å²) >= 11 is 0. The van der Waals surface area contributed by atoms with E-state index in [9.17, 15) is 4.79 Å². The largest absolute Gasteiger partial charge is 0.372 e. The predicted molar refractivity (Wildman–Crippen MR) is 78.6 cm³/mol. The Labute approximate surface area is 118 Å². The first-order valence-corrected chi connectivity index (χ1v) is 7.06. The van der Waals surface area contributed by atoms with Crippen molar-refractivity contribution in [3.05, 3.63) is 35.5 Å². The zero-order valence-corrected chi connectivity index (χ0v) is 12.1. The molecule has 0 bridgehead atoms. The SMILES string of the molecule is COC(C)C(=O)N1CCc2c([nH]c3ccccc23)C1C. The molecule has 1 aliphatic rings. The van der Waals surface area contributed by atoms with E-state index in [1.54, 1.807) is 14.0 Å². The number of rotatable bonds is 2. The van der Waals surface area contributed by atoms with Gasteiger partial charge >= 0.3 is 0 Å². The van der Waals surface area contributed by atoms with Crippen LogP contribution in [-0.4, -0.2) is 35.5 Å². The minimum Gasteiger partial charge on any atom is -0.372 e. The fourth-order valence-electron chi connectivity index (χ4n) is 3.06. The molecule has 2 heterocycles.